The zero-order valence-corrected chi connectivity index (χ0v) is 19.5. The number of benzene rings is 2. The third-order valence-corrected chi connectivity index (χ3v) is 8.99. The van der Waals surface area contributed by atoms with Crippen molar-refractivity contribution >= 4 is 43.0 Å². The second-order valence-electron chi connectivity index (χ2n) is 8.29. The van der Waals surface area contributed by atoms with Crippen molar-refractivity contribution in [3.63, 3.8) is 0 Å². The predicted molar refractivity (Wildman–Crippen MR) is 124 cm³/mol. The second kappa shape index (κ2) is 9.24. The Kier molecular flexibility index (Phi) is 6.55. The van der Waals surface area contributed by atoms with Gasteiger partial charge in [-0.2, -0.15) is 0 Å². The van der Waals surface area contributed by atoms with E-state index in [0.717, 1.165) is 17.7 Å². The van der Waals surface area contributed by atoms with E-state index in [1.54, 1.807) is 4.90 Å². The molecule has 9 nitrogen and oxygen atoms in total. The van der Waals surface area contributed by atoms with Crippen LogP contribution in [0.2, 0.25) is 0 Å². The normalized spacial score (nSPS) is 20.2. The van der Waals surface area contributed by atoms with Crippen LogP contribution in [0.15, 0.2) is 53.4 Å². The van der Waals surface area contributed by atoms with E-state index in [0.29, 0.717) is 18.7 Å². The molecule has 0 saturated carbocycles. The molecule has 2 aliphatic heterocycles. The standard InChI is InChI=1S/C22H25N3O6S2/c26-21(14-16-3-7-19(8-4-16)25-12-1-2-22(25)27)23-17-5-9-20(10-6-17)33(30,31)24-18-11-13-32(28,29)15-18/h3-10,18,24H,1-2,11-15H2,(H,23,26)/t18-/m0/s1. The minimum absolute atomic E-state index is 0.00292. The topological polar surface area (TPSA) is 130 Å². The smallest absolute Gasteiger partial charge is 0.240 e. The summed E-state index contributed by atoms with van der Waals surface area (Å²) in [5, 5.41) is 2.73. The molecular weight excluding hydrogens is 466 g/mol. The highest BCUT2D eigenvalue weighted by molar-refractivity contribution is 7.92. The van der Waals surface area contributed by atoms with Crippen LogP contribution in [0.25, 0.3) is 0 Å². The van der Waals surface area contributed by atoms with Gasteiger partial charge in [0, 0.05) is 30.4 Å². The molecule has 0 unspecified atom stereocenters. The minimum Gasteiger partial charge on any atom is -0.326 e. The van der Waals surface area contributed by atoms with Gasteiger partial charge in [-0.3, -0.25) is 9.59 Å². The highest BCUT2D eigenvalue weighted by Crippen LogP contribution is 2.22. The van der Waals surface area contributed by atoms with Crippen molar-refractivity contribution in [1.29, 1.82) is 0 Å². The third-order valence-electron chi connectivity index (χ3n) is 5.69. The largest absolute Gasteiger partial charge is 0.326 e. The number of sulfone groups is 1. The van der Waals surface area contributed by atoms with Gasteiger partial charge >= 0.3 is 0 Å². The van der Waals surface area contributed by atoms with E-state index in [9.17, 15) is 26.4 Å². The number of carbonyl (C=O) groups excluding carboxylic acids is 2. The quantitative estimate of drug-likeness (QED) is 0.603. The molecule has 2 N–H and O–H groups in total. The Morgan fingerprint density at radius 2 is 1.76 bits per heavy atom. The highest BCUT2D eigenvalue weighted by atomic mass is 32.2. The molecule has 11 heteroatoms. The van der Waals surface area contributed by atoms with E-state index in [4.69, 9.17) is 0 Å². The van der Waals surface area contributed by atoms with E-state index in [1.165, 1.54) is 24.3 Å². The Morgan fingerprint density at radius 1 is 1.06 bits per heavy atom. The first-order chi connectivity index (χ1) is 15.6. The molecule has 0 aromatic heterocycles. The lowest BCUT2D eigenvalue weighted by molar-refractivity contribution is -0.117. The molecule has 2 aromatic rings. The summed E-state index contributed by atoms with van der Waals surface area (Å²) in [6.07, 6.45) is 1.79. The molecule has 1 atom stereocenters. The molecule has 176 valence electrons. The van der Waals surface area contributed by atoms with Crippen LogP contribution >= 0.6 is 0 Å². The number of hydrogen-bond acceptors (Lipinski definition) is 6. The number of nitrogens with zero attached hydrogens (tertiary/aromatic N) is 1. The summed E-state index contributed by atoms with van der Waals surface area (Å²) < 4.78 is 50.5. The number of hydrogen-bond donors (Lipinski definition) is 2. The molecule has 2 aliphatic rings. The maximum atomic E-state index is 12.5. The van der Waals surface area contributed by atoms with E-state index < -0.39 is 25.9 Å². The van der Waals surface area contributed by atoms with Crippen LogP contribution in [0.3, 0.4) is 0 Å². The lowest BCUT2D eigenvalue weighted by Crippen LogP contribution is -2.35. The Labute approximate surface area is 193 Å². The number of carbonyl (C=O) groups is 2. The summed E-state index contributed by atoms with van der Waals surface area (Å²) in [5.74, 6) is -0.376. The fourth-order valence-corrected chi connectivity index (χ4v) is 7.05. The Bertz CT molecular complexity index is 1260. The lowest BCUT2D eigenvalue weighted by atomic mass is 10.1. The number of amides is 2. The monoisotopic (exact) mass is 491 g/mol. The number of nitrogens with one attached hydrogen (secondary N) is 2. The molecule has 0 radical (unpaired) electrons. The Balaban J connectivity index is 1.33. The van der Waals surface area contributed by atoms with Crippen molar-refractivity contribution in [2.75, 3.05) is 28.3 Å². The van der Waals surface area contributed by atoms with Crippen LogP contribution in [0.4, 0.5) is 11.4 Å². The van der Waals surface area contributed by atoms with Crippen molar-refractivity contribution < 1.29 is 26.4 Å². The lowest BCUT2D eigenvalue weighted by Gasteiger charge is -2.16. The summed E-state index contributed by atoms with van der Waals surface area (Å²) in [6.45, 7) is 0.708. The summed E-state index contributed by atoms with van der Waals surface area (Å²) in [7, 11) is -7.06. The fraction of sp³-hybridized carbons (Fsp3) is 0.364. The van der Waals surface area contributed by atoms with Crippen molar-refractivity contribution in [2.45, 2.75) is 36.6 Å². The average molecular weight is 492 g/mol. The Morgan fingerprint density at radius 3 is 2.33 bits per heavy atom. The average Bonchev–Trinajstić information content (AvgIpc) is 3.33. The van der Waals surface area contributed by atoms with Gasteiger partial charge in [-0.15, -0.1) is 0 Å². The van der Waals surface area contributed by atoms with Gasteiger partial charge in [0.05, 0.1) is 22.8 Å². The molecule has 0 bridgehead atoms. The molecule has 0 spiro atoms. The molecule has 2 saturated heterocycles. The highest BCUT2D eigenvalue weighted by Gasteiger charge is 2.31. The van der Waals surface area contributed by atoms with E-state index in [-0.39, 0.29) is 41.1 Å². The molecule has 2 amide bonds. The number of sulfonamides is 1. The summed E-state index contributed by atoms with van der Waals surface area (Å²) in [6, 6.07) is 12.3. The maximum Gasteiger partial charge on any atom is 0.240 e. The number of anilines is 2. The minimum atomic E-state index is -3.86. The van der Waals surface area contributed by atoms with Crippen LogP contribution in [0, 0.1) is 0 Å². The molecule has 2 aromatic carbocycles. The van der Waals surface area contributed by atoms with Crippen LogP contribution in [0.5, 0.6) is 0 Å². The summed E-state index contributed by atoms with van der Waals surface area (Å²) in [5.41, 5.74) is 2.06. The summed E-state index contributed by atoms with van der Waals surface area (Å²) in [4.78, 5) is 26.0. The first kappa shape index (κ1) is 23.4. The zero-order chi connectivity index (χ0) is 23.6. The van der Waals surface area contributed by atoms with Gasteiger partial charge in [0.25, 0.3) is 0 Å². The molecule has 0 aliphatic carbocycles. The van der Waals surface area contributed by atoms with Crippen molar-refractivity contribution in [1.82, 2.24) is 4.72 Å². The summed E-state index contributed by atoms with van der Waals surface area (Å²) >= 11 is 0. The van der Waals surface area contributed by atoms with Gasteiger partial charge in [0.2, 0.25) is 21.8 Å². The van der Waals surface area contributed by atoms with Gasteiger partial charge in [0.1, 0.15) is 0 Å². The van der Waals surface area contributed by atoms with Crippen molar-refractivity contribution in [3.8, 4) is 0 Å². The zero-order valence-electron chi connectivity index (χ0n) is 17.9. The van der Waals surface area contributed by atoms with Crippen LogP contribution in [0.1, 0.15) is 24.8 Å². The van der Waals surface area contributed by atoms with Crippen molar-refractivity contribution in [2.24, 2.45) is 0 Å². The third kappa shape index (κ3) is 5.79. The SMILES string of the molecule is O=C(Cc1ccc(N2CCCC2=O)cc1)Nc1ccc(S(=O)(=O)N[C@H]2CCS(=O)(=O)C2)cc1. The first-order valence-electron chi connectivity index (χ1n) is 10.6. The molecule has 2 heterocycles. The molecule has 2 fully saturated rings. The first-order valence-corrected chi connectivity index (χ1v) is 13.9. The van der Waals surface area contributed by atoms with Gasteiger partial charge < -0.3 is 10.2 Å². The van der Waals surface area contributed by atoms with Crippen LogP contribution in [-0.2, 0) is 35.9 Å². The van der Waals surface area contributed by atoms with E-state index in [2.05, 4.69) is 10.0 Å². The molecular formula is C22H25N3O6S2. The molecule has 4 rings (SSSR count). The van der Waals surface area contributed by atoms with Gasteiger partial charge in [-0.1, -0.05) is 12.1 Å². The number of rotatable bonds is 7. The van der Waals surface area contributed by atoms with E-state index in [1.807, 2.05) is 24.3 Å². The van der Waals surface area contributed by atoms with Gasteiger partial charge in [0.15, 0.2) is 9.84 Å². The van der Waals surface area contributed by atoms with Gasteiger partial charge in [-0.25, -0.2) is 21.6 Å². The van der Waals surface area contributed by atoms with E-state index >= 15 is 0 Å². The second-order valence-corrected chi connectivity index (χ2v) is 12.2. The van der Waals surface area contributed by atoms with Crippen LogP contribution < -0.4 is 14.9 Å². The van der Waals surface area contributed by atoms with Crippen molar-refractivity contribution in [3.05, 3.63) is 54.1 Å². The molecule has 33 heavy (non-hydrogen) atoms. The fourth-order valence-electron chi connectivity index (χ4n) is 4.00. The Hall–Kier alpha value is -2.76. The van der Waals surface area contributed by atoms with Crippen LogP contribution in [-0.4, -0.2) is 52.7 Å². The maximum absolute atomic E-state index is 12.5. The van der Waals surface area contributed by atoms with Gasteiger partial charge in [-0.05, 0) is 54.8 Å². The predicted octanol–water partition coefficient (Wildman–Crippen LogP) is 1.46.